The maximum absolute atomic E-state index is 12.4. The summed E-state index contributed by atoms with van der Waals surface area (Å²) in [5.74, 6) is 0.350. The third kappa shape index (κ3) is 2.08. The summed E-state index contributed by atoms with van der Waals surface area (Å²) in [6.07, 6.45) is 3.97. The number of carbonyl (C=O) groups is 1. The first-order valence-electron chi connectivity index (χ1n) is 6.74. The van der Waals surface area contributed by atoms with Crippen LogP contribution in [0.4, 0.5) is 0 Å². The highest BCUT2D eigenvalue weighted by Crippen LogP contribution is 2.32. The Morgan fingerprint density at radius 3 is 3.06 bits per heavy atom. The van der Waals surface area contributed by atoms with Crippen molar-refractivity contribution in [2.45, 2.75) is 38.7 Å². The number of rotatable bonds is 1. The summed E-state index contributed by atoms with van der Waals surface area (Å²) in [6, 6.07) is 2.09. The number of nitrogens with zero attached hydrogens (tertiary/aromatic N) is 1. The van der Waals surface area contributed by atoms with Crippen LogP contribution in [0.15, 0.2) is 6.07 Å². The first kappa shape index (κ1) is 12.2. The summed E-state index contributed by atoms with van der Waals surface area (Å²) < 4.78 is 0. The van der Waals surface area contributed by atoms with E-state index in [1.807, 2.05) is 11.8 Å². The second kappa shape index (κ2) is 4.67. The third-order valence-electron chi connectivity index (χ3n) is 4.10. The monoisotopic (exact) mass is 265 g/mol. The molecule has 3 rings (SSSR count). The Labute approximate surface area is 111 Å². The number of piperidine rings is 1. The number of hydrogen-bond donors (Lipinski definition) is 1. The molecule has 3 nitrogen and oxygen atoms in total. The van der Waals surface area contributed by atoms with E-state index in [2.05, 4.69) is 6.07 Å². The second-order valence-electron chi connectivity index (χ2n) is 5.50. The van der Waals surface area contributed by atoms with Crippen molar-refractivity contribution in [3.8, 4) is 0 Å². The van der Waals surface area contributed by atoms with Gasteiger partial charge in [-0.15, -0.1) is 11.3 Å². The minimum absolute atomic E-state index is 0.160. The van der Waals surface area contributed by atoms with Crippen molar-refractivity contribution in [2.75, 3.05) is 13.1 Å². The molecule has 2 unspecified atom stereocenters. The van der Waals surface area contributed by atoms with E-state index in [1.54, 1.807) is 11.3 Å². The van der Waals surface area contributed by atoms with Gasteiger partial charge in [0.2, 0.25) is 0 Å². The van der Waals surface area contributed by atoms with Gasteiger partial charge in [-0.2, -0.15) is 0 Å². The standard InChI is InChI=1S/C14H19NO2S/c1-9-8-15(6-5-11(9)16)14(17)13-7-10-3-2-4-12(10)18-13/h7,9,11,16H,2-6,8H2,1H3. The number of thiophene rings is 1. The summed E-state index contributed by atoms with van der Waals surface area (Å²) in [4.78, 5) is 16.6. The van der Waals surface area contributed by atoms with Crippen LogP contribution in [-0.2, 0) is 12.8 Å². The first-order valence-corrected chi connectivity index (χ1v) is 7.55. The van der Waals surface area contributed by atoms with Crippen LogP contribution in [0.1, 0.15) is 39.9 Å². The van der Waals surface area contributed by atoms with Crippen molar-refractivity contribution in [1.82, 2.24) is 4.90 Å². The maximum atomic E-state index is 12.4. The fourth-order valence-corrected chi connectivity index (χ4v) is 4.13. The summed E-state index contributed by atoms with van der Waals surface area (Å²) in [5, 5.41) is 9.71. The van der Waals surface area contributed by atoms with Crippen molar-refractivity contribution < 1.29 is 9.90 Å². The number of aryl methyl sites for hydroxylation is 2. The molecule has 4 heteroatoms. The number of fused-ring (bicyclic) bond motifs is 1. The number of likely N-dealkylation sites (tertiary alicyclic amines) is 1. The van der Waals surface area contributed by atoms with E-state index in [0.717, 1.165) is 17.7 Å². The van der Waals surface area contributed by atoms with Gasteiger partial charge in [-0.1, -0.05) is 6.92 Å². The normalized spacial score (nSPS) is 27.3. The summed E-state index contributed by atoms with van der Waals surface area (Å²) >= 11 is 1.67. The Bertz CT molecular complexity index is 447. The number of carbonyl (C=O) groups excluding carboxylic acids is 1. The van der Waals surface area contributed by atoms with Gasteiger partial charge in [-0.25, -0.2) is 0 Å². The molecule has 1 aliphatic heterocycles. The Morgan fingerprint density at radius 2 is 2.33 bits per heavy atom. The number of aliphatic hydroxyl groups is 1. The molecule has 1 fully saturated rings. The second-order valence-corrected chi connectivity index (χ2v) is 6.63. The third-order valence-corrected chi connectivity index (χ3v) is 5.33. The van der Waals surface area contributed by atoms with E-state index in [1.165, 1.54) is 16.9 Å². The number of hydrogen-bond acceptors (Lipinski definition) is 3. The molecule has 1 saturated heterocycles. The lowest BCUT2D eigenvalue weighted by Gasteiger charge is -2.34. The molecule has 2 aliphatic rings. The average molecular weight is 265 g/mol. The fraction of sp³-hybridized carbons (Fsp3) is 0.643. The molecule has 1 amide bonds. The van der Waals surface area contributed by atoms with Crippen LogP contribution in [0.5, 0.6) is 0 Å². The van der Waals surface area contributed by atoms with Crippen molar-refractivity contribution in [2.24, 2.45) is 5.92 Å². The maximum Gasteiger partial charge on any atom is 0.263 e. The van der Waals surface area contributed by atoms with Crippen LogP contribution >= 0.6 is 11.3 Å². The Balaban J connectivity index is 1.74. The number of aliphatic hydroxyl groups excluding tert-OH is 1. The largest absolute Gasteiger partial charge is 0.393 e. The minimum Gasteiger partial charge on any atom is -0.393 e. The molecule has 1 aliphatic carbocycles. The lowest BCUT2D eigenvalue weighted by atomic mass is 9.96. The molecule has 0 aromatic carbocycles. The van der Waals surface area contributed by atoms with Gasteiger partial charge in [-0.3, -0.25) is 4.79 Å². The molecular weight excluding hydrogens is 246 g/mol. The van der Waals surface area contributed by atoms with Crippen LogP contribution in [0.2, 0.25) is 0 Å². The minimum atomic E-state index is -0.248. The lowest BCUT2D eigenvalue weighted by molar-refractivity contribution is 0.0300. The summed E-state index contributed by atoms with van der Waals surface area (Å²) in [6.45, 7) is 3.38. The Kier molecular flexibility index (Phi) is 3.16. The quantitative estimate of drug-likeness (QED) is 0.844. The van der Waals surface area contributed by atoms with Gasteiger partial charge in [0, 0.05) is 18.0 Å². The van der Waals surface area contributed by atoms with Crippen LogP contribution < -0.4 is 0 Å². The predicted molar refractivity (Wildman–Crippen MR) is 72.0 cm³/mol. The molecule has 0 radical (unpaired) electrons. The molecule has 0 saturated carbocycles. The zero-order valence-corrected chi connectivity index (χ0v) is 11.5. The van der Waals surface area contributed by atoms with E-state index in [-0.39, 0.29) is 17.9 Å². The Morgan fingerprint density at radius 1 is 1.50 bits per heavy atom. The molecule has 0 bridgehead atoms. The van der Waals surface area contributed by atoms with Crippen LogP contribution in [0.25, 0.3) is 0 Å². The van der Waals surface area contributed by atoms with Crippen molar-refractivity contribution in [3.05, 3.63) is 21.4 Å². The molecule has 1 aromatic heterocycles. The molecule has 1 aromatic rings. The van der Waals surface area contributed by atoms with E-state index >= 15 is 0 Å². The zero-order valence-electron chi connectivity index (χ0n) is 10.7. The van der Waals surface area contributed by atoms with E-state index in [0.29, 0.717) is 19.5 Å². The highest BCUT2D eigenvalue weighted by molar-refractivity contribution is 7.14. The highest BCUT2D eigenvalue weighted by atomic mass is 32.1. The fourth-order valence-electron chi connectivity index (χ4n) is 2.91. The predicted octanol–water partition coefficient (Wildman–Crippen LogP) is 2.08. The van der Waals surface area contributed by atoms with Crippen LogP contribution in [-0.4, -0.2) is 35.1 Å². The first-order chi connectivity index (χ1) is 8.65. The van der Waals surface area contributed by atoms with Gasteiger partial charge in [0.25, 0.3) is 5.91 Å². The van der Waals surface area contributed by atoms with Crippen molar-refractivity contribution in [1.29, 1.82) is 0 Å². The SMILES string of the molecule is CC1CN(C(=O)c2cc3c(s2)CCC3)CCC1O. The Hall–Kier alpha value is -0.870. The number of amides is 1. The van der Waals surface area contributed by atoms with Gasteiger partial charge in [-0.05, 0) is 43.2 Å². The van der Waals surface area contributed by atoms with Gasteiger partial charge < -0.3 is 10.0 Å². The highest BCUT2D eigenvalue weighted by Gasteiger charge is 2.29. The zero-order chi connectivity index (χ0) is 12.7. The topological polar surface area (TPSA) is 40.5 Å². The molecule has 1 N–H and O–H groups in total. The van der Waals surface area contributed by atoms with Gasteiger partial charge in [0.15, 0.2) is 0 Å². The van der Waals surface area contributed by atoms with E-state index < -0.39 is 0 Å². The van der Waals surface area contributed by atoms with Crippen molar-refractivity contribution in [3.63, 3.8) is 0 Å². The van der Waals surface area contributed by atoms with Crippen LogP contribution in [0, 0.1) is 5.92 Å². The van der Waals surface area contributed by atoms with E-state index in [4.69, 9.17) is 0 Å². The van der Waals surface area contributed by atoms with Gasteiger partial charge in [0.05, 0.1) is 11.0 Å². The summed E-state index contributed by atoms with van der Waals surface area (Å²) in [5.41, 5.74) is 1.38. The smallest absolute Gasteiger partial charge is 0.263 e. The average Bonchev–Trinajstić information content (AvgIpc) is 2.92. The molecule has 0 spiro atoms. The van der Waals surface area contributed by atoms with E-state index in [9.17, 15) is 9.90 Å². The molecule has 2 atom stereocenters. The van der Waals surface area contributed by atoms with Gasteiger partial charge >= 0.3 is 0 Å². The molecular formula is C14H19NO2S. The summed E-state index contributed by atoms with van der Waals surface area (Å²) in [7, 11) is 0. The molecule has 18 heavy (non-hydrogen) atoms. The lowest BCUT2D eigenvalue weighted by Crippen LogP contribution is -2.44. The van der Waals surface area contributed by atoms with Gasteiger partial charge in [0.1, 0.15) is 0 Å². The molecule has 98 valence electrons. The van der Waals surface area contributed by atoms with Crippen LogP contribution in [0.3, 0.4) is 0 Å². The van der Waals surface area contributed by atoms with Crippen molar-refractivity contribution >= 4 is 17.2 Å². The molecule has 2 heterocycles.